The van der Waals surface area contributed by atoms with Crippen molar-refractivity contribution < 1.29 is 9.53 Å². The van der Waals surface area contributed by atoms with Gasteiger partial charge in [0.1, 0.15) is 6.10 Å². The average molecular weight is 318 g/mol. The fourth-order valence-corrected chi connectivity index (χ4v) is 2.71. The minimum Gasteiger partial charge on any atom is -0.374 e. The Hall–Kier alpha value is -2.95. The normalized spacial score (nSPS) is 12.0. The fraction of sp³-hybridized carbons (Fsp3) is 0.250. The van der Waals surface area contributed by atoms with Crippen molar-refractivity contribution in [1.29, 1.82) is 10.5 Å². The van der Waals surface area contributed by atoms with E-state index < -0.39 is 11.5 Å². The molecule has 0 heterocycles. The van der Waals surface area contributed by atoms with Crippen LogP contribution in [0.25, 0.3) is 0 Å². The maximum atomic E-state index is 12.3. The summed E-state index contributed by atoms with van der Waals surface area (Å²) in [5.41, 5.74) is -0.0909. The zero-order valence-electron chi connectivity index (χ0n) is 13.5. The topological polar surface area (TPSA) is 73.9 Å². The second-order valence-corrected chi connectivity index (χ2v) is 5.51. The molecule has 2 aromatic rings. The number of hydrogen-bond acceptors (Lipinski definition) is 4. The lowest BCUT2D eigenvalue weighted by Gasteiger charge is -2.28. The molecule has 1 unspecified atom stereocenters. The highest BCUT2D eigenvalue weighted by atomic mass is 16.5. The van der Waals surface area contributed by atoms with E-state index in [9.17, 15) is 15.3 Å². The van der Waals surface area contributed by atoms with Crippen molar-refractivity contribution in [2.45, 2.75) is 18.9 Å². The van der Waals surface area contributed by atoms with Crippen LogP contribution in [0.1, 0.15) is 34.9 Å². The maximum absolute atomic E-state index is 12.3. The first-order valence-electron chi connectivity index (χ1n) is 7.65. The Balaban J connectivity index is 2.23. The molecule has 0 aromatic heterocycles. The SMILES string of the molecule is COC(c1ccccc1)C(C#N)(C#N)CCC(=O)c1ccccc1. The van der Waals surface area contributed by atoms with E-state index in [4.69, 9.17) is 4.74 Å². The number of hydrogen-bond donors (Lipinski definition) is 0. The first kappa shape index (κ1) is 17.4. The molecule has 1 atom stereocenters. The average Bonchev–Trinajstić information content (AvgIpc) is 2.66. The van der Waals surface area contributed by atoms with Gasteiger partial charge >= 0.3 is 0 Å². The monoisotopic (exact) mass is 318 g/mol. The van der Waals surface area contributed by atoms with E-state index in [0.717, 1.165) is 5.56 Å². The third-order valence-electron chi connectivity index (χ3n) is 4.03. The van der Waals surface area contributed by atoms with Crippen LogP contribution in [0.4, 0.5) is 0 Å². The second-order valence-electron chi connectivity index (χ2n) is 5.51. The zero-order valence-corrected chi connectivity index (χ0v) is 13.5. The van der Waals surface area contributed by atoms with Crippen LogP contribution in [0.15, 0.2) is 60.7 Å². The summed E-state index contributed by atoms with van der Waals surface area (Å²) in [6, 6.07) is 22.2. The van der Waals surface area contributed by atoms with E-state index in [1.165, 1.54) is 7.11 Å². The molecule has 0 N–H and O–H groups in total. The van der Waals surface area contributed by atoms with Gasteiger partial charge in [0, 0.05) is 19.1 Å². The highest BCUT2D eigenvalue weighted by Crippen LogP contribution is 2.40. The van der Waals surface area contributed by atoms with Crippen LogP contribution in [-0.2, 0) is 4.74 Å². The standard InChI is InChI=1S/C20H18N2O2/c1-24-19(17-10-6-3-7-11-17)20(14-21,15-22)13-12-18(23)16-8-4-2-5-9-16/h2-11,19H,12-13H2,1H3. The lowest BCUT2D eigenvalue weighted by atomic mass is 9.77. The Morgan fingerprint density at radius 2 is 1.58 bits per heavy atom. The van der Waals surface area contributed by atoms with Gasteiger partial charge in [-0.1, -0.05) is 60.7 Å². The van der Waals surface area contributed by atoms with Crippen molar-refractivity contribution in [3.8, 4) is 12.1 Å². The molecule has 0 saturated carbocycles. The lowest BCUT2D eigenvalue weighted by Crippen LogP contribution is -2.28. The second kappa shape index (κ2) is 8.06. The van der Waals surface area contributed by atoms with Gasteiger partial charge < -0.3 is 4.74 Å². The number of nitrogens with zero attached hydrogens (tertiary/aromatic N) is 2. The number of ketones is 1. The van der Waals surface area contributed by atoms with E-state index in [-0.39, 0.29) is 18.6 Å². The van der Waals surface area contributed by atoms with Gasteiger partial charge in [-0.2, -0.15) is 10.5 Å². The van der Waals surface area contributed by atoms with Gasteiger partial charge in [0.25, 0.3) is 0 Å². The van der Waals surface area contributed by atoms with Crippen molar-refractivity contribution in [2.75, 3.05) is 7.11 Å². The van der Waals surface area contributed by atoms with Crippen LogP contribution >= 0.6 is 0 Å². The molecule has 4 heteroatoms. The van der Waals surface area contributed by atoms with Gasteiger partial charge in [0.2, 0.25) is 0 Å². The number of nitriles is 2. The summed E-state index contributed by atoms with van der Waals surface area (Å²) < 4.78 is 5.47. The van der Waals surface area contributed by atoms with Crippen LogP contribution in [0.2, 0.25) is 0 Å². The molecule has 2 rings (SSSR count). The molecule has 0 aliphatic heterocycles. The minimum absolute atomic E-state index is 0.0895. The molecule has 0 aliphatic carbocycles. The maximum Gasteiger partial charge on any atom is 0.174 e. The summed E-state index contributed by atoms with van der Waals surface area (Å²) in [5, 5.41) is 19.3. The van der Waals surface area contributed by atoms with E-state index in [0.29, 0.717) is 5.56 Å². The van der Waals surface area contributed by atoms with Crippen molar-refractivity contribution >= 4 is 5.78 Å². The summed E-state index contributed by atoms with van der Waals surface area (Å²) in [7, 11) is 1.47. The molecule has 120 valence electrons. The highest BCUT2D eigenvalue weighted by Gasteiger charge is 2.41. The van der Waals surface area contributed by atoms with Crippen LogP contribution in [0, 0.1) is 28.1 Å². The smallest absolute Gasteiger partial charge is 0.174 e. The van der Waals surface area contributed by atoms with Crippen LogP contribution < -0.4 is 0 Å². The van der Waals surface area contributed by atoms with Crippen LogP contribution in [-0.4, -0.2) is 12.9 Å². The first-order valence-corrected chi connectivity index (χ1v) is 7.65. The number of methoxy groups -OCH3 is 1. The highest BCUT2D eigenvalue weighted by molar-refractivity contribution is 5.96. The number of Topliss-reactive ketones (excluding diaryl/α,β-unsaturated/α-hetero) is 1. The number of carbonyl (C=O) groups is 1. The Labute approximate surface area is 141 Å². The van der Waals surface area contributed by atoms with Crippen LogP contribution in [0.3, 0.4) is 0 Å². The van der Waals surface area contributed by atoms with Gasteiger partial charge in [-0.25, -0.2) is 0 Å². The van der Waals surface area contributed by atoms with Crippen molar-refractivity contribution in [1.82, 2.24) is 0 Å². The molecular weight excluding hydrogens is 300 g/mol. The van der Waals surface area contributed by atoms with Gasteiger partial charge in [-0.05, 0) is 12.0 Å². The largest absolute Gasteiger partial charge is 0.374 e. The third kappa shape index (κ3) is 3.68. The Morgan fingerprint density at radius 1 is 1.04 bits per heavy atom. The molecule has 4 nitrogen and oxygen atoms in total. The summed E-state index contributed by atoms with van der Waals surface area (Å²) >= 11 is 0. The number of ether oxygens (including phenoxy) is 1. The number of benzene rings is 2. The number of carbonyl (C=O) groups excluding carboxylic acids is 1. The number of rotatable bonds is 7. The summed E-state index contributed by atoms with van der Waals surface area (Å²) in [6.45, 7) is 0. The Bertz CT molecular complexity index is 744. The fourth-order valence-electron chi connectivity index (χ4n) is 2.71. The Kier molecular flexibility index (Phi) is 5.84. The molecule has 0 aliphatic rings. The van der Waals surface area contributed by atoms with Gasteiger partial charge in [0.05, 0.1) is 12.1 Å². The molecule has 0 amide bonds. The molecule has 2 aromatic carbocycles. The molecule has 0 radical (unpaired) electrons. The molecule has 0 bridgehead atoms. The van der Waals surface area contributed by atoms with Crippen molar-refractivity contribution in [3.05, 3.63) is 71.8 Å². The minimum atomic E-state index is -1.42. The first-order chi connectivity index (χ1) is 11.7. The predicted molar refractivity (Wildman–Crippen MR) is 89.9 cm³/mol. The predicted octanol–water partition coefficient (Wildman–Crippen LogP) is 4.07. The quantitative estimate of drug-likeness (QED) is 0.721. The van der Waals surface area contributed by atoms with Crippen molar-refractivity contribution in [3.63, 3.8) is 0 Å². The Morgan fingerprint density at radius 3 is 2.08 bits per heavy atom. The molecule has 24 heavy (non-hydrogen) atoms. The summed E-state index contributed by atoms with van der Waals surface area (Å²) in [5.74, 6) is -0.0895. The van der Waals surface area contributed by atoms with Gasteiger partial charge in [-0.15, -0.1) is 0 Å². The van der Waals surface area contributed by atoms with E-state index in [1.54, 1.807) is 24.3 Å². The molecule has 0 fully saturated rings. The van der Waals surface area contributed by atoms with Crippen molar-refractivity contribution in [2.24, 2.45) is 5.41 Å². The lowest BCUT2D eigenvalue weighted by molar-refractivity contribution is 0.0372. The summed E-state index contributed by atoms with van der Waals surface area (Å²) in [6.07, 6.45) is -0.490. The van der Waals surface area contributed by atoms with E-state index >= 15 is 0 Å². The van der Waals surface area contributed by atoms with Crippen LogP contribution in [0.5, 0.6) is 0 Å². The van der Waals surface area contributed by atoms with Gasteiger partial charge in [0.15, 0.2) is 11.2 Å². The molecular formula is C20H18N2O2. The zero-order chi connectivity index (χ0) is 17.4. The summed E-state index contributed by atoms with van der Waals surface area (Å²) in [4.78, 5) is 12.3. The van der Waals surface area contributed by atoms with Gasteiger partial charge in [-0.3, -0.25) is 4.79 Å². The van der Waals surface area contributed by atoms with E-state index in [2.05, 4.69) is 12.1 Å². The molecule has 0 spiro atoms. The van der Waals surface area contributed by atoms with E-state index in [1.807, 2.05) is 36.4 Å². The third-order valence-corrected chi connectivity index (χ3v) is 4.03. The molecule has 0 saturated heterocycles.